The van der Waals surface area contributed by atoms with Crippen molar-refractivity contribution in [2.24, 2.45) is 0 Å². The summed E-state index contributed by atoms with van der Waals surface area (Å²) in [4.78, 5) is 0. The van der Waals surface area contributed by atoms with Gasteiger partial charge in [0.05, 0.1) is 30.0 Å². The second-order valence-electron chi connectivity index (χ2n) is 8.52. The Morgan fingerprint density at radius 3 is 2.64 bits per heavy atom. The molecule has 3 aromatic carbocycles. The molecule has 1 aliphatic carbocycles. The lowest BCUT2D eigenvalue weighted by molar-refractivity contribution is 0.267. The number of aryl methyl sites for hydroxylation is 1. The number of anilines is 1. The fourth-order valence-electron chi connectivity index (χ4n) is 4.71. The number of halogens is 2. The van der Waals surface area contributed by atoms with Crippen LogP contribution in [0.25, 0.3) is 11.1 Å². The van der Waals surface area contributed by atoms with Gasteiger partial charge in [-0.2, -0.15) is 0 Å². The molecule has 4 rings (SSSR count). The molecule has 0 amide bonds. The highest BCUT2D eigenvalue weighted by Gasteiger charge is 2.27. The topological polar surface area (TPSA) is 41.5 Å². The fraction of sp³-hybridized carbons (Fsp3) is 0.357. The van der Waals surface area contributed by atoms with E-state index in [-0.39, 0.29) is 18.5 Å². The standard InChI is InChI=1S/C28H31ClFNO2/c1-3-5-8-18-9-6-12-23(28(18)30)20-10-7-11-22-21(20)13-14-25(22)31-26-16-27(33-4-2)19(17-32)15-24(26)29/h6-7,9-12,15-16,25,31-32H,3-5,8,13-14,17H2,1-2H3. The van der Waals surface area contributed by atoms with Crippen molar-refractivity contribution in [3.8, 4) is 16.9 Å². The molecule has 33 heavy (non-hydrogen) atoms. The summed E-state index contributed by atoms with van der Waals surface area (Å²) in [5.41, 5.74) is 6.25. The average molecular weight is 468 g/mol. The number of ether oxygens (including phenoxy) is 1. The highest BCUT2D eigenvalue weighted by molar-refractivity contribution is 6.33. The quantitative estimate of drug-likeness (QED) is 0.342. The summed E-state index contributed by atoms with van der Waals surface area (Å²) in [7, 11) is 0. The van der Waals surface area contributed by atoms with Crippen molar-refractivity contribution >= 4 is 17.3 Å². The lowest BCUT2D eigenvalue weighted by Crippen LogP contribution is -2.08. The van der Waals surface area contributed by atoms with Crippen LogP contribution in [-0.2, 0) is 19.4 Å². The maximum Gasteiger partial charge on any atom is 0.134 e. The molecule has 0 spiro atoms. The van der Waals surface area contributed by atoms with Crippen molar-refractivity contribution in [1.82, 2.24) is 0 Å². The van der Waals surface area contributed by atoms with Crippen molar-refractivity contribution in [2.75, 3.05) is 11.9 Å². The van der Waals surface area contributed by atoms with E-state index in [1.54, 1.807) is 6.07 Å². The van der Waals surface area contributed by atoms with Crippen molar-refractivity contribution in [3.05, 3.63) is 81.6 Å². The van der Waals surface area contributed by atoms with E-state index in [0.717, 1.165) is 48.9 Å². The third-order valence-electron chi connectivity index (χ3n) is 6.39. The first kappa shape index (κ1) is 23.6. The Hall–Kier alpha value is -2.56. The summed E-state index contributed by atoms with van der Waals surface area (Å²) < 4.78 is 21.1. The Morgan fingerprint density at radius 2 is 1.88 bits per heavy atom. The summed E-state index contributed by atoms with van der Waals surface area (Å²) in [6, 6.07) is 15.6. The fourth-order valence-corrected chi connectivity index (χ4v) is 4.95. The number of nitrogens with one attached hydrogen (secondary N) is 1. The van der Waals surface area contributed by atoms with Gasteiger partial charge in [0.25, 0.3) is 0 Å². The van der Waals surface area contributed by atoms with Crippen LogP contribution in [0.5, 0.6) is 5.75 Å². The summed E-state index contributed by atoms with van der Waals surface area (Å²) in [5, 5.41) is 13.7. The smallest absolute Gasteiger partial charge is 0.134 e. The second-order valence-corrected chi connectivity index (χ2v) is 8.93. The van der Waals surface area contributed by atoms with Crippen molar-refractivity contribution in [3.63, 3.8) is 0 Å². The van der Waals surface area contributed by atoms with Crippen LogP contribution in [0.4, 0.5) is 10.1 Å². The predicted molar refractivity (Wildman–Crippen MR) is 134 cm³/mol. The Balaban J connectivity index is 1.65. The van der Waals surface area contributed by atoms with Crippen LogP contribution >= 0.6 is 11.6 Å². The molecule has 2 N–H and O–H groups in total. The third-order valence-corrected chi connectivity index (χ3v) is 6.70. The molecule has 0 saturated carbocycles. The molecule has 1 aliphatic rings. The molecule has 5 heteroatoms. The lowest BCUT2D eigenvalue weighted by Gasteiger charge is -2.19. The predicted octanol–water partition coefficient (Wildman–Crippen LogP) is 7.48. The normalized spacial score (nSPS) is 14.9. The molecular formula is C28H31ClFNO2. The highest BCUT2D eigenvalue weighted by Crippen LogP contribution is 2.42. The monoisotopic (exact) mass is 467 g/mol. The van der Waals surface area contributed by atoms with Crippen LogP contribution in [0.3, 0.4) is 0 Å². The molecule has 0 radical (unpaired) electrons. The van der Waals surface area contributed by atoms with E-state index in [0.29, 0.717) is 28.5 Å². The van der Waals surface area contributed by atoms with Crippen LogP contribution in [0.2, 0.25) is 5.02 Å². The molecular weight excluding hydrogens is 437 g/mol. The first-order valence-electron chi connectivity index (χ1n) is 11.8. The van der Waals surface area contributed by atoms with Crippen LogP contribution in [0.1, 0.15) is 61.4 Å². The lowest BCUT2D eigenvalue weighted by atomic mass is 9.93. The number of hydrogen-bond donors (Lipinski definition) is 2. The van der Waals surface area contributed by atoms with Gasteiger partial charge in [-0.05, 0) is 60.9 Å². The van der Waals surface area contributed by atoms with E-state index >= 15 is 4.39 Å². The number of aliphatic hydroxyl groups is 1. The minimum absolute atomic E-state index is 0.0678. The van der Waals surface area contributed by atoms with Gasteiger partial charge in [0, 0.05) is 17.2 Å². The SMILES string of the molecule is CCCCc1cccc(-c2cccc3c2CCC3Nc2cc(OCC)c(CO)cc2Cl)c1F. The summed E-state index contributed by atoms with van der Waals surface area (Å²) in [6.45, 7) is 4.41. The summed E-state index contributed by atoms with van der Waals surface area (Å²) >= 11 is 6.51. The van der Waals surface area contributed by atoms with Gasteiger partial charge in [0.15, 0.2) is 0 Å². The van der Waals surface area contributed by atoms with E-state index in [1.165, 1.54) is 11.1 Å². The number of fused-ring (bicyclic) bond motifs is 1. The van der Waals surface area contributed by atoms with E-state index in [4.69, 9.17) is 16.3 Å². The Morgan fingerprint density at radius 1 is 1.09 bits per heavy atom. The van der Waals surface area contributed by atoms with Gasteiger partial charge >= 0.3 is 0 Å². The average Bonchev–Trinajstić information content (AvgIpc) is 3.23. The molecule has 3 nitrogen and oxygen atoms in total. The largest absolute Gasteiger partial charge is 0.493 e. The number of unbranched alkanes of at least 4 members (excludes halogenated alkanes) is 1. The Labute approximate surface area is 200 Å². The van der Waals surface area contributed by atoms with Gasteiger partial charge in [-0.1, -0.05) is 61.3 Å². The van der Waals surface area contributed by atoms with Gasteiger partial charge in [-0.25, -0.2) is 4.39 Å². The van der Waals surface area contributed by atoms with Crippen LogP contribution < -0.4 is 10.1 Å². The zero-order valence-electron chi connectivity index (χ0n) is 19.3. The van der Waals surface area contributed by atoms with Crippen molar-refractivity contribution in [2.45, 2.75) is 58.6 Å². The van der Waals surface area contributed by atoms with Gasteiger partial charge in [-0.3, -0.25) is 0 Å². The van der Waals surface area contributed by atoms with Gasteiger partial charge in [-0.15, -0.1) is 0 Å². The van der Waals surface area contributed by atoms with Crippen molar-refractivity contribution < 1.29 is 14.2 Å². The molecule has 0 fully saturated rings. The first-order valence-corrected chi connectivity index (χ1v) is 12.2. The van der Waals surface area contributed by atoms with Crippen LogP contribution in [0.15, 0.2) is 48.5 Å². The number of hydrogen-bond acceptors (Lipinski definition) is 3. The second kappa shape index (κ2) is 10.6. The third kappa shape index (κ3) is 4.87. The number of rotatable bonds is 9. The number of aliphatic hydroxyl groups excluding tert-OH is 1. The molecule has 0 heterocycles. The van der Waals surface area contributed by atoms with E-state index < -0.39 is 0 Å². The molecule has 174 valence electrons. The van der Waals surface area contributed by atoms with E-state index in [9.17, 15) is 5.11 Å². The van der Waals surface area contributed by atoms with Crippen LogP contribution in [-0.4, -0.2) is 11.7 Å². The minimum atomic E-state index is -0.131. The summed E-state index contributed by atoms with van der Waals surface area (Å²) in [6.07, 6.45) is 4.56. The maximum atomic E-state index is 15.4. The first-order chi connectivity index (χ1) is 16.1. The Kier molecular flexibility index (Phi) is 7.56. The zero-order chi connectivity index (χ0) is 23.4. The number of benzene rings is 3. The van der Waals surface area contributed by atoms with Crippen molar-refractivity contribution in [1.29, 1.82) is 0 Å². The highest BCUT2D eigenvalue weighted by atomic mass is 35.5. The van der Waals surface area contributed by atoms with E-state index in [1.807, 2.05) is 43.3 Å². The molecule has 0 bridgehead atoms. The maximum absolute atomic E-state index is 15.4. The van der Waals surface area contributed by atoms with E-state index in [2.05, 4.69) is 18.3 Å². The molecule has 0 aromatic heterocycles. The molecule has 1 unspecified atom stereocenters. The molecule has 0 aliphatic heterocycles. The minimum Gasteiger partial charge on any atom is -0.493 e. The van der Waals surface area contributed by atoms with Gasteiger partial charge in [0.1, 0.15) is 11.6 Å². The molecule has 1 atom stereocenters. The summed E-state index contributed by atoms with van der Waals surface area (Å²) in [5.74, 6) is 0.532. The zero-order valence-corrected chi connectivity index (χ0v) is 20.0. The Bertz CT molecular complexity index is 1130. The van der Waals surface area contributed by atoms with Gasteiger partial charge in [0.2, 0.25) is 0 Å². The van der Waals surface area contributed by atoms with Crippen LogP contribution in [0, 0.1) is 5.82 Å². The molecule has 3 aromatic rings. The molecule has 0 saturated heterocycles. The van der Waals surface area contributed by atoms with Gasteiger partial charge < -0.3 is 15.2 Å².